The molecule has 0 bridgehead atoms. The maximum Gasteiger partial charge on any atom is 1.00 e. The molecule has 0 fully saturated rings. The van der Waals surface area contributed by atoms with Crippen LogP contribution in [0.3, 0.4) is 0 Å². The molecule has 0 aliphatic heterocycles. The normalized spacial score (nSPS) is 12.2. The first-order valence-corrected chi connectivity index (χ1v) is 3.99. The van der Waals surface area contributed by atoms with Gasteiger partial charge in [0, 0.05) is 0 Å². The summed E-state index contributed by atoms with van der Waals surface area (Å²) in [4.78, 5) is 0. The molecule has 0 N–H and O–H groups in total. The van der Waals surface area contributed by atoms with Crippen LogP contribution >= 0.6 is 11.3 Å². The maximum absolute atomic E-state index is 12.2. The Hall–Kier alpha value is 0.740. The molecule has 0 amide bonds. The van der Waals surface area contributed by atoms with Crippen molar-refractivity contribution in [2.45, 2.75) is 4.21 Å². The van der Waals surface area contributed by atoms with Crippen molar-refractivity contribution in [1.29, 1.82) is 0 Å². The summed E-state index contributed by atoms with van der Waals surface area (Å²) >= 11 is -1.55. The number of hydrogen-bond acceptors (Lipinski definition) is 3. The Kier molecular flexibility index (Phi) is 4.92. The van der Waals surface area contributed by atoms with Crippen molar-refractivity contribution in [2.24, 2.45) is 0 Å². The molecular formula is C4H2FNaO2S2. The van der Waals surface area contributed by atoms with Gasteiger partial charge in [-0.05, 0) is 22.5 Å². The molecule has 1 atom stereocenters. The molecule has 1 aromatic heterocycles. The van der Waals surface area contributed by atoms with E-state index in [9.17, 15) is 13.2 Å². The van der Waals surface area contributed by atoms with Crippen LogP contribution in [0.2, 0.25) is 0 Å². The molecule has 1 heterocycles. The standard InChI is InChI=1S/C4H3FO2S2.Na/c5-3-1-2-8-4(3)9(6)7;/h1-2H,(H,6,7);/q;+1/p-1. The first kappa shape index (κ1) is 10.7. The Bertz CT molecular complexity index is 237. The summed E-state index contributed by atoms with van der Waals surface area (Å²) in [6.45, 7) is 0. The molecule has 0 aliphatic rings. The molecule has 10 heavy (non-hydrogen) atoms. The van der Waals surface area contributed by atoms with Gasteiger partial charge in [-0.3, -0.25) is 4.21 Å². The van der Waals surface area contributed by atoms with E-state index in [1.54, 1.807) is 0 Å². The number of thiophene rings is 1. The van der Waals surface area contributed by atoms with E-state index >= 15 is 0 Å². The SMILES string of the molecule is O=S([O-])c1sccc1F.[Na+]. The third-order valence-corrected chi connectivity index (χ3v) is 2.61. The predicted molar refractivity (Wildman–Crippen MR) is 31.5 cm³/mol. The van der Waals surface area contributed by atoms with Crippen LogP contribution in [0.25, 0.3) is 0 Å². The number of hydrogen-bond donors (Lipinski definition) is 0. The van der Waals surface area contributed by atoms with Gasteiger partial charge < -0.3 is 4.55 Å². The molecule has 1 rings (SSSR count). The second-order valence-electron chi connectivity index (χ2n) is 1.29. The fourth-order valence-electron chi connectivity index (χ4n) is 0.399. The minimum Gasteiger partial charge on any atom is -0.768 e. The summed E-state index contributed by atoms with van der Waals surface area (Å²) in [6, 6.07) is 1.12. The first-order valence-electron chi connectivity index (χ1n) is 2.04. The fourth-order valence-corrected chi connectivity index (χ4v) is 1.60. The van der Waals surface area contributed by atoms with Gasteiger partial charge in [-0.1, -0.05) is 0 Å². The van der Waals surface area contributed by atoms with Crippen molar-refractivity contribution in [2.75, 3.05) is 0 Å². The Morgan fingerprint density at radius 1 is 1.70 bits per heavy atom. The number of halogens is 1. The summed E-state index contributed by atoms with van der Waals surface area (Å²) in [5.74, 6) is -0.673. The summed E-state index contributed by atoms with van der Waals surface area (Å²) in [6.07, 6.45) is 0. The van der Waals surface area contributed by atoms with Crippen molar-refractivity contribution in [3.63, 3.8) is 0 Å². The molecule has 0 saturated carbocycles. The molecule has 0 spiro atoms. The molecule has 0 aromatic carbocycles. The Balaban J connectivity index is 0.000000810. The van der Waals surface area contributed by atoms with Gasteiger partial charge in [0.05, 0.1) is 0 Å². The molecule has 2 nitrogen and oxygen atoms in total. The molecule has 1 aromatic rings. The zero-order chi connectivity index (χ0) is 6.85. The maximum atomic E-state index is 12.2. The topological polar surface area (TPSA) is 40.1 Å². The zero-order valence-electron chi connectivity index (χ0n) is 5.17. The van der Waals surface area contributed by atoms with E-state index in [-0.39, 0.29) is 33.8 Å². The van der Waals surface area contributed by atoms with Gasteiger partial charge in [-0.15, -0.1) is 11.3 Å². The smallest absolute Gasteiger partial charge is 0.768 e. The minimum absolute atomic E-state index is 0. The second-order valence-corrected chi connectivity index (χ2v) is 3.34. The van der Waals surface area contributed by atoms with Crippen LogP contribution in [0.5, 0.6) is 0 Å². The molecule has 6 heteroatoms. The van der Waals surface area contributed by atoms with Gasteiger partial charge in [-0.2, -0.15) is 0 Å². The van der Waals surface area contributed by atoms with Gasteiger partial charge in [0.2, 0.25) is 0 Å². The number of rotatable bonds is 1. The molecule has 50 valence electrons. The third kappa shape index (κ3) is 2.41. The summed E-state index contributed by atoms with van der Waals surface area (Å²) in [7, 11) is 0. The Morgan fingerprint density at radius 3 is 2.50 bits per heavy atom. The van der Waals surface area contributed by atoms with Crippen LogP contribution in [-0.2, 0) is 11.1 Å². The van der Waals surface area contributed by atoms with E-state index < -0.39 is 16.9 Å². The quantitative estimate of drug-likeness (QED) is 0.382. The van der Waals surface area contributed by atoms with Crippen LogP contribution in [-0.4, -0.2) is 8.76 Å². The predicted octanol–water partition coefficient (Wildman–Crippen LogP) is -1.87. The van der Waals surface area contributed by atoms with Crippen molar-refractivity contribution < 1.29 is 42.7 Å². The van der Waals surface area contributed by atoms with Crippen LogP contribution in [0, 0.1) is 5.82 Å². The second kappa shape index (κ2) is 4.58. The average molecular weight is 188 g/mol. The fraction of sp³-hybridized carbons (Fsp3) is 0. The summed E-state index contributed by atoms with van der Waals surface area (Å²) in [5, 5.41) is 1.39. The molecule has 0 radical (unpaired) electrons. The van der Waals surface area contributed by atoms with E-state index in [0.717, 1.165) is 17.4 Å². The van der Waals surface area contributed by atoms with Crippen molar-refractivity contribution in [1.82, 2.24) is 0 Å². The zero-order valence-corrected chi connectivity index (χ0v) is 8.80. The largest absolute Gasteiger partial charge is 1.00 e. The minimum atomic E-state index is -2.42. The first-order chi connectivity index (χ1) is 4.22. The average Bonchev–Trinajstić information content (AvgIpc) is 2.13. The van der Waals surface area contributed by atoms with Gasteiger partial charge in [0.15, 0.2) is 0 Å². The molecule has 1 unspecified atom stereocenters. The van der Waals surface area contributed by atoms with E-state index in [0.29, 0.717) is 0 Å². The van der Waals surface area contributed by atoms with E-state index in [1.807, 2.05) is 0 Å². The Labute approximate surface area is 86.0 Å². The van der Waals surface area contributed by atoms with Crippen molar-refractivity contribution >= 4 is 22.4 Å². The van der Waals surface area contributed by atoms with Gasteiger partial charge in [0.25, 0.3) is 0 Å². The van der Waals surface area contributed by atoms with E-state index in [4.69, 9.17) is 0 Å². The van der Waals surface area contributed by atoms with Crippen molar-refractivity contribution in [3.05, 3.63) is 17.3 Å². The van der Waals surface area contributed by atoms with E-state index in [2.05, 4.69) is 0 Å². The Morgan fingerprint density at radius 2 is 2.30 bits per heavy atom. The molecular weight excluding hydrogens is 186 g/mol. The van der Waals surface area contributed by atoms with Crippen molar-refractivity contribution in [3.8, 4) is 0 Å². The van der Waals surface area contributed by atoms with Crippen LogP contribution < -0.4 is 29.6 Å². The van der Waals surface area contributed by atoms with Crippen LogP contribution in [0.1, 0.15) is 0 Å². The monoisotopic (exact) mass is 188 g/mol. The summed E-state index contributed by atoms with van der Waals surface area (Å²) < 4.78 is 32.1. The van der Waals surface area contributed by atoms with Gasteiger partial charge >= 0.3 is 29.6 Å². The molecule has 0 saturated heterocycles. The summed E-state index contributed by atoms with van der Waals surface area (Å²) in [5.41, 5.74) is 0. The van der Waals surface area contributed by atoms with E-state index in [1.165, 1.54) is 5.38 Å². The third-order valence-electron chi connectivity index (χ3n) is 0.736. The molecule has 0 aliphatic carbocycles. The van der Waals surface area contributed by atoms with Crippen LogP contribution in [0.15, 0.2) is 15.7 Å². The van der Waals surface area contributed by atoms with Gasteiger partial charge in [-0.25, -0.2) is 4.39 Å². The van der Waals surface area contributed by atoms with Gasteiger partial charge in [0.1, 0.15) is 10.0 Å². The van der Waals surface area contributed by atoms with Crippen LogP contribution in [0.4, 0.5) is 4.39 Å².